The minimum Gasteiger partial charge on any atom is -0.384 e. The fourth-order valence-electron chi connectivity index (χ4n) is 2.36. The van der Waals surface area contributed by atoms with Crippen LogP contribution in [0.25, 0.3) is 0 Å². The lowest BCUT2D eigenvalue weighted by atomic mass is 9.96. The molecular formula is C17H20FN3O3. The maximum atomic E-state index is 12.9. The summed E-state index contributed by atoms with van der Waals surface area (Å²) in [5.74, 6) is -0.322. The van der Waals surface area contributed by atoms with Gasteiger partial charge in [0.1, 0.15) is 17.2 Å². The van der Waals surface area contributed by atoms with Crippen molar-refractivity contribution in [3.8, 4) is 0 Å². The van der Waals surface area contributed by atoms with Gasteiger partial charge in [-0.15, -0.1) is 0 Å². The number of nitrogens with zero attached hydrogens (tertiary/aromatic N) is 1. The molecule has 1 atom stereocenters. The monoisotopic (exact) mass is 333 g/mol. The second kappa shape index (κ2) is 6.92. The van der Waals surface area contributed by atoms with Crippen molar-refractivity contribution in [1.82, 2.24) is 15.3 Å². The van der Waals surface area contributed by atoms with Gasteiger partial charge < -0.3 is 15.4 Å². The first-order valence-electron chi connectivity index (χ1n) is 7.50. The highest BCUT2D eigenvalue weighted by Crippen LogP contribution is 2.19. The predicted octanol–water partition coefficient (Wildman–Crippen LogP) is 1.09. The summed E-state index contributed by atoms with van der Waals surface area (Å²) in [6.45, 7) is 4.79. The number of aromatic nitrogens is 2. The zero-order valence-corrected chi connectivity index (χ0v) is 13.8. The number of aromatic amines is 1. The minimum absolute atomic E-state index is 0.0618. The molecule has 0 fully saturated rings. The van der Waals surface area contributed by atoms with Gasteiger partial charge in [-0.1, -0.05) is 12.1 Å². The van der Waals surface area contributed by atoms with Crippen LogP contribution in [-0.2, 0) is 16.8 Å². The largest absolute Gasteiger partial charge is 0.384 e. The van der Waals surface area contributed by atoms with Crippen LogP contribution in [0.15, 0.2) is 29.1 Å². The Kier molecular flexibility index (Phi) is 5.14. The van der Waals surface area contributed by atoms with E-state index in [1.807, 2.05) is 0 Å². The number of amides is 1. The third kappa shape index (κ3) is 4.26. The first-order valence-corrected chi connectivity index (χ1v) is 7.50. The van der Waals surface area contributed by atoms with Gasteiger partial charge >= 0.3 is 0 Å². The molecule has 0 aliphatic rings. The Labute approximate surface area is 138 Å². The fourth-order valence-corrected chi connectivity index (χ4v) is 2.36. The Morgan fingerprint density at radius 3 is 2.54 bits per heavy atom. The van der Waals surface area contributed by atoms with E-state index in [0.717, 1.165) is 0 Å². The summed E-state index contributed by atoms with van der Waals surface area (Å²) in [5, 5.41) is 13.0. The van der Waals surface area contributed by atoms with Crippen molar-refractivity contribution < 1.29 is 14.3 Å². The quantitative estimate of drug-likeness (QED) is 0.763. The van der Waals surface area contributed by atoms with Crippen LogP contribution >= 0.6 is 0 Å². The van der Waals surface area contributed by atoms with Crippen LogP contribution in [0.2, 0.25) is 0 Å². The van der Waals surface area contributed by atoms with Gasteiger partial charge in [-0.3, -0.25) is 9.59 Å². The van der Waals surface area contributed by atoms with Crippen molar-refractivity contribution >= 4 is 5.91 Å². The van der Waals surface area contributed by atoms with E-state index < -0.39 is 17.3 Å². The molecule has 1 heterocycles. The third-order valence-electron chi connectivity index (χ3n) is 3.77. The maximum absolute atomic E-state index is 12.9. The molecule has 0 saturated carbocycles. The highest BCUT2D eigenvalue weighted by molar-refractivity contribution is 5.78. The van der Waals surface area contributed by atoms with E-state index in [9.17, 15) is 19.1 Å². The van der Waals surface area contributed by atoms with Crippen molar-refractivity contribution in [2.45, 2.75) is 32.8 Å². The number of carbonyl (C=O) groups excluding carboxylic acids is 1. The average Bonchev–Trinajstić information content (AvgIpc) is 2.49. The molecule has 1 aromatic carbocycles. The molecule has 7 heteroatoms. The van der Waals surface area contributed by atoms with Crippen LogP contribution in [0.3, 0.4) is 0 Å². The molecule has 24 heavy (non-hydrogen) atoms. The molecule has 3 N–H and O–H groups in total. The zero-order chi connectivity index (χ0) is 17.9. The number of benzene rings is 1. The SMILES string of the molecule is Cc1nc(C)c(CC(=O)NCC(C)(O)c2ccc(F)cc2)c(=O)[nH]1. The van der Waals surface area contributed by atoms with Gasteiger partial charge in [0, 0.05) is 11.3 Å². The molecule has 2 aromatic rings. The predicted molar refractivity (Wildman–Crippen MR) is 87.0 cm³/mol. The number of nitrogens with one attached hydrogen (secondary N) is 2. The van der Waals surface area contributed by atoms with E-state index in [1.54, 1.807) is 13.8 Å². The molecule has 0 bridgehead atoms. The van der Waals surface area contributed by atoms with E-state index >= 15 is 0 Å². The van der Waals surface area contributed by atoms with Crippen molar-refractivity contribution in [2.24, 2.45) is 0 Å². The summed E-state index contributed by atoms with van der Waals surface area (Å²) in [4.78, 5) is 30.7. The van der Waals surface area contributed by atoms with Crippen LogP contribution in [0.5, 0.6) is 0 Å². The fraction of sp³-hybridized carbons (Fsp3) is 0.353. The van der Waals surface area contributed by atoms with Crippen molar-refractivity contribution in [1.29, 1.82) is 0 Å². The molecule has 0 aliphatic carbocycles. The number of rotatable bonds is 5. The van der Waals surface area contributed by atoms with Gasteiger partial charge in [0.2, 0.25) is 5.91 Å². The lowest BCUT2D eigenvalue weighted by molar-refractivity contribution is -0.121. The maximum Gasteiger partial charge on any atom is 0.254 e. The van der Waals surface area contributed by atoms with Gasteiger partial charge in [0.05, 0.1) is 13.0 Å². The number of halogens is 1. The Morgan fingerprint density at radius 1 is 1.33 bits per heavy atom. The lowest BCUT2D eigenvalue weighted by Crippen LogP contribution is -2.40. The average molecular weight is 333 g/mol. The number of aliphatic hydroxyl groups is 1. The number of hydrogen-bond donors (Lipinski definition) is 3. The topological polar surface area (TPSA) is 95.1 Å². The molecule has 0 spiro atoms. The molecule has 1 unspecified atom stereocenters. The molecule has 0 saturated heterocycles. The smallest absolute Gasteiger partial charge is 0.254 e. The normalized spacial score (nSPS) is 13.4. The molecule has 0 aliphatic heterocycles. The van der Waals surface area contributed by atoms with Crippen molar-refractivity contribution in [3.63, 3.8) is 0 Å². The Hall–Kier alpha value is -2.54. The number of H-pyrrole nitrogens is 1. The highest BCUT2D eigenvalue weighted by atomic mass is 19.1. The van der Waals surface area contributed by atoms with Gasteiger partial charge in [0.15, 0.2) is 0 Å². The van der Waals surface area contributed by atoms with Crippen LogP contribution in [0.4, 0.5) is 4.39 Å². The third-order valence-corrected chi connectivity index (χ3v) is 3.77. The van der Waals surface area contributed by atoms with Crippen molar-refractivity contribution in [3.05, 3.63) is 63.1 Å². The van der Waals surface area contributed by atoms with E-state index in [4.69, 9.17) is 0 Å². The van der Waals surface area contributed by atoms with Gasteiger partial charge in [-0.2, -0.15) is 0 Å². The summed E-state index contributed by atoms with van der Waals surface area (Å²) in [7, 11) is 0. The molecule has 1 amide bonds. The standard InChI is InChI=1S/C17H20FN3O3/c1-10-14(16(23)21-11(2)20-10)8-15(22)19-9-17(3,24)12-4-6-13(18)7-5-12/h4-7,24H,8-9H2,1-3H3,(H,19,22)(H,20,21,23). The van der Waals surface area contributed by atoms with Crippen LogP contribution in [-0.4, -0.2) is 27.5 Å². The van der Waals surface area contributed by atoms with Gasteiger partial charge in [-0.05, 0) is 38.5 Å². The van der Waals surface area contributed by atoms with Crippen LogP contribution < -0.4 is 10.9 Å². The number of aryl methyl sites for hydroxylation is 2. The second-order valence-corrected chi connectivity index (χ2v) is 5.95. The van der Waals surface area contributed by atoms with E-state index in [2.05, 4.69) is 15.3 Å². The van der Waals surface area contributed by atoms with Crippen LogP contribution in [0.1, 0.15) is 29.6 Å². The highest BCUT2D eigenvalue weighted by Gasteiger charge is 2.24. The second-order valence-electron chi connectivity index (χ2n) is 5.95. The van der Waals surface area contributed by atoms with Crippen LogP contribution in [0, 0.1) is 19.7 Å². The lowest BCUT2D eigenvalue weighted by Gasteiger charge is -2.24. The molecule has 6 nitrogen and oxygen atoms in total. The van der Waals surface area contributed by atoms with Gasteiger partial charge in [-0.25, -0.2) is 9.37 Å². The minimum atomic E-state index is -1.35. The summed E-state index contributed by atoms with van der Waals surface area (Å²) < 4.78 is 12.9. The summed E-state index contributed by atoms with van der Waals surface area (Å²) in [6, 6.07) is 5.40. The number of hydrogen-bond acceptors (Lipinski definition) is 4. The van der Waals surface area contributed by atoms with Crippen molar-refractivity contribution in [2.75, 3.05) is 6.54 Å². The van der Waals surface area contributed by atoms with E-state index in [-0.39, 0.29) is 18.5 Å². The molecule has 128 valence electrons. The Bertz CT molecular complexity index is 798. The Morgan fingerprint density at radius 2 is 1.96 bits per heavy atom. The summed E-state index contributed by atoms with van der Waals surface area (Å²) >= 11 is 0. The first kappa shape index (κ1) is 17.8. The van der Waals surface area contributed by atoms with E-state index in [1.165, 1.54) is 31.2 Å². The summed E-state index contributed by atoms with van der Waals surface area (Å²) in [6.07, 6.45) is -0.131. The molecule has 1 aromatic heterocycles. The number of carbonyl (C=O) groups is 1. The molecule has 2 rings (SSSR count). The Balaban J connectivity index is 2.03. The molecule has 0 radical (unpaired) electrons. The van der Waals surface area contributed by atoms with Gasteiger partial charge in [0.25, 0.3) is 5.56 Å². The molecular weight excluding hydrogens is 313 g/mol. The first-order chi connectivity index (χ1) is 11.2. The van der Waals surface area contributed by atoms with E-state index in [0.29, 0.717) is 22.6 Å². The zero-order valence-electron chi connectivity index (χ0n) is 13.8. The summed E-state index contributed by atoms with van der Waals surface area (Å²) in [5.41, 5.74) is -0.428.